The highest BCUT2D eigenvalue weighted by Gasteiger charge is 2.42. The Bertz CT molecular complexity index is 485. The van der Waals surface area contributed by atoms with E-state index in [1.54, 1.807) is 12.1 Å². The summed E-state index contributed by atoms with van der Waals surface area (Å²) in [6, 6.07) is 4.67. The van der Waals surface area contributed by atoms with E-state index < -0.39 is 11.0 Å². The van der Waals surface area contributed by atoms with Crippen molar-refractivity contribution in [2.24, 2.45) is 5.73 Å². The molecule has 3 nitrogen and oxygen atoms in total. The number of nitrogens with two attached hydrogens (primary N) is 1. The zero-order chi connectivity index (χ0) is 14.8. The lowest BCUT2D eigenvalue weighted by molar-refractivity contribution is -0.142. The fraction of sp³-hybridized carbons (Fsp3) is 0.500. The summed E-state index contributed by atoms with van der Waals surface area (Å²) in [5.74, 6) is -0.694. The Labute approximate surface area is 121 Å². The molecule has 19 heavy (non-hydrogen) atoms. The maximum absolute atomic E-state index is 13.3. The number of esters is 1. The number of benzene rings is 1. The molecule has 0 saturated carbocycles. The summed E-state index contributed by atoms with van der Waals surface area (Å²) in [6.07, 6.45) is 0.130. The molecule has 1 rings (SSSR count). The summed E-state index contributed by atoms with van der Waals surface area (Å²) in [6.45, 7) is 5.56. The van der Waals surface area contributed by atoms with Crippen LogP contribution in [0.1, 0.15) is 32.8 Å². The van der Waals surface area contributed by atoms with Crippen molar-refractivity contribution in [3.8, 4) is 0 Å². The fourth-order valence-electron chi connectivity index (χ4n) is 1.90. The number of hydrogen-bond donors (Lipinski definition) is 1. The molecule has 0 bridgehead atoms. The van der Waals surface area contributed by atoms with Crippen molar-refractivity contribution in [2.45, 2.75) is 38.1 Å². The molecule has 1 aromatic rings. The van der Waals surface area contributed by atoms with E-state index in [0.717, 1.165) is 5.56 Å². The van der Waals surface area contributed by atoms with Crippen molar-refractivity contribution in [1.29, 1.82) is 0 Å². The molecule has 0 aromatic heterocycles. The molecule has 0 saturated heterocycles. The van der Waals surface area contributed by atoms with E-state index in [4.69, 9.17) is 10.5 Å². The van der Waals surface area contributed by atoms with Gasteiger partial charge in [-0.05, 0) is 47.5 Å². The van der Waals surface area contributed by atoms with Crippen LogP contribution in [0.5, 0.6) is 0 Å². The van der Waals surface area contributed by atoms with E-state index in [-0.39, 0.29) is 18.2 Å². The Balaban J connectivity index is 3.31. The van der Waals surface area contributed by atoms with Gasteiger partial charge in [-0.3, -0.25) is 4.79 Å². The first-order chi connectivity index (χ1) is 8.61. The van der Waals surface area contributed by atoms with Gasteiger partial charge in [-0.15, -0.1) is 0 Å². The molecule has 1 atom stereocenters. The molecule has 0 aliphatic heterocycles. The normalized spacial score (nSPS) is 14.9. The summed E-state index contributed by atoms with van der Waals surface area (Å²) in [5.41, 5.74) is 5.69. The van der Waals surface area contributed by atoms with Crippen LogP contribution in [0.15, 0.2) is 22.7 Å². The van der Waals surface area contributed by atoms with Crippen LogP contribution in [0.3, 0.4) is 0 Å². The Kier molecular flexibility index (Phi) is 4.74. The van der Waals surface area contributed by atoms with Gasteiger partial charge in [-0.25, -0.2) is 4.39 Å². The highest BCUT2D eigenvalue weighted by Crippen LogP contribution is 2.38. The molecule has 0 amide bonds. The first kappa shape index (κ1) is 16.1. The molecule has 1 unspecified atom stereocenters. The minimum absolute atomic E-state index is 0.130. The van der Waals surface area contributed by atoms with Crippen molar-refractivity contribution in [3.63, 3.8) is 0 Å². The fourth-order valence-corrected chi connectivity index (χ4v) is 2.28. The number of halogens is 2. The quantitative estimate of drug-likeness (QED) is 0.862. The van der Waals surface area contributed by atoms with Crippen molar-refractivity contribution in [3.05, 3.63) is 34.1 Å². The number of methoxy groups -OCH3 is 1. The van der Waals surface area contributed by atoms with Crippen LogP contribution in [-0.4, -0.2) is 18.6 Å². The van der Waals surface area contributed by atoms with Crippen molar-refractivity contribution in [1.82, 2.24) is 0 Å². The van der Waals surface area contributed by atoms with Crippen molar-refractivity contribution < 1.29 is 13.9 Å². The maximum atomic E-state index is 13.3. The third-order valence-electron chi connectivity index (χ3n) is 3.70. The molecule has 0 aliphatic rings. The third-order valence-corrected chi connectivity index (χ3v) is 4.31. The van der Waals surface area contributed by atoms with E-state index in [1.165, 1.54) is 13.2 Å². The van der Waals surface area contributed by atoms with E-state index >= 15 is 0 Å². The van der Waals surface area contributed by atoms with E-state index in [1.807, 2.05) is 20.8 Å². The lowest BCUT2D eigenvalue weighted by atomic mass is 9.66. The number of carbonyl (C=O) groups excluding carboxylic acids is 1. The van der Waals surface area contributed by atoms with Crippen molar-refractivity contribution in [2.75, 3.05) is 7.11 Å². The number of rotatable bonds is 4. The molecule has 0 spiro atoms. The zero-order valence-corrected chi connectivity index (χ0v) is 13.2. The average molecular weight is 332 g/mol. The molecule has 106 valence electrons. The van der Waals surface area contributed by atoms with Crippen LogP contribution in [0.25, 0.3) is 0 Å². The van der Waals surface area contributed by atoms with E-state index in [0.29, 0.717) is 4.47 Å². The van der Waals surface area contributed by atoms with E-state index in [2.05, 4.69) is 15.9 Å². The minimum atomic E-state index is -0.668. The number of hydrogen-bond acceptors (Lipinski definition) is 3. The average Bonchev–Trinajstić information content (AvgIpc) is 2.30. The predicted molar refractivity (Wildman–Crippen MR) is 76.4 cm³/mol. The van der Waals surface area contributed by atoms with Gasteiger partial charge in [0, 0.05) is 11.0 Å². The topological polar surface area (TPSA) is 52.3 Å². The highest BCUT2D eigenvalue weighted by atomic mass is 79.9. The Morgan fingerprint density at radius 1 is 1.42 bits per heavy atom. The Morgan fingerprint density at radius 3 is 2.42 bits per heavy atom. The summed E-state index contributed by atoms with van der Waals surface area (Å²) < 4.78 is 18.4. The molecule has 0 radical (unpaired) electrons. The predicted octanol–water partition coefficient (Wildman–Crippen LogP) is 3.15. The SMILES string of the molecule is COC(=O)CC(C)(c1ccc(F)c(Br)c1)C(C)(C)N. The van der Waals surface area contributed by atoms with Crippen molar-refractivity contribution >= 4 is 21.9 Å². The Hall–Kier alpha value is -0.940. The molecule has 1 aromatic carbocycles. The zero-order valence-electron chi connectivity index (χ0n) is 11.6. The lowest BCUT2D eigenvalue weighted by Crippen LogP contribution is -2.53. The van der Waals surface area contributed by atoms with Crippen LogP contribution in [0.2, 0.25) is 0 Å². The first-order valence-corrected chi connectivity index (χ1v) is 6.72. The molecule has 5 heteroatoms. The maximum Gasteiger partial charge on any atom is 0.306 e. The van der Waals surface area contributed by atoms with Gasteiger partial charge in [0.25, 0.3) is 0 Å². The monoisotopic (exact) mass is 331 g/mol. The van der Waals surface area contributed by atoms with Gasteiger partial charge in [0.05, 0.1) is 18.0 Å². The molecule has 0 heterocycles. The van der Waals surface area contributed by atoms with Crippen LogP contribution >= 0.6 is 15.9 Å². The van der Waals surface area contributed by atoms with Crippen LogP contribution in [0, 0.1) is 5.82 Å². The second-order valence-corrected chi connectivity index (χ2v) is 6.29. The second kappa shape index (κ2) is 5.59. The van der Waals surface area contributed by atoms with Gasteiger partial charge in [0.2, 0.25) is 0 Å². The summed E-state index contributed by atoms with van der Waals surface area (Å²) in [4.78, 5) is 11.6. The summed E-state index contributed by atoms with van der Waals surface area (Å²) >= 11 is 3.16. The highest BCUT2D eigenvalue weighted by molar-refractivity contribution is 9.10. The van der Waals surface area contributed by atoms with Crippen LogP contribution < -0.4 is 5.73 Å². The lowest BCUT2D eigenvalue weighted by Gasteiger charge is -2.41. The van der Waals surface area contributed by atoms with Gasteiger partial charge in [0.1, 0.15) is 5.82 Å². The largest absolute Gasteiger partial charge is 0.469 e. The number of ether oxygens (including phenoxy) is 1. The van der Waals surface area contributed by atoms with Gasteiger partial charge in [0.15, 0.2) is 0 Å². The van der Waals surface area contributed by atoms with Crippen LogP contribution in [-0.2, 0) is 14.9 Å². The van der Waals surface area contributed by atoms with Gasteiger partial charge >= 0.3 is 5.97 Å². The molecule has 2 N–H and O–H groups in total. The minimum Gasteiger partial charge on any atom is -0.469 e. The molecular weight excluding hydrogens is 313 g/mol. The molecule has 0 aliphatic carbocycles. The summed E-state index contributed by atoms with van der Waals surface area (Å²) in [5, 5.41) is 0. The second-order valence-electron chi connectivity index (χ2n) is 5.44. The standard InChI is InChI=1S/C14H19BrFNO2/c1-13(2,17)14(3,8-12(18)19-4)9-5-6-11(16)10(15)7-9/h5-7H,8,17H2,1-4H3. The first-order valence-electron chi connectivity index (χ1n) is 5.93. The van der Waals surface area contributed by atoms with Gasteiger partial charge in [-0.1, -0.05) is 13.0 Å². The molecular formula is C14H19BrFNO2. The smallest absolute Gasteiger partial charge is 0.306 e. The van der Waals surface area contributed by atoms with Gasteiger partial charge < -0.3 is 10.5 Å². The summed E-state index contributed by atoms with van der Waals surface area (Å²) in [7, 11) is 1.34. The van der Waals surface area contributed by atoms with Crippen LogP contribution in [0.4, 0.5) is 4.39 Å². The third kappa shape index (κ3) is 3.34. The Morgan fingerprint density at radius 2 is 2.00 bits per heavy atom. The number of carbonyl (C=O) groups is 1. The molecule has 0 fully saturated rings. The van der Waals surface area contributed by atoms with Gasteiger partial charge in [-0.2, -0.15) is 0 Å². The van der Waals surface area contributed by atoms with E-state index in [9.17, 15) is 9.18 Å².